The summed E-state index contributed by atoms with van der Waals surface area (Å²) in [7, 11) is 0. The number of nitrogens with one attached hydrogen (secondary N) is 1. The van der Waals surface area contributed by atoms with E-state index in [1.807, 2.05) is 20.8 Å². The lowest BCUT2D eigenvalue weighted by atomic mass is 10.0. The summed E-state index contributed by atoms with van der Waals surface area (Å²) in [4.78, 5) is 23.4. The molecular formula is C15H24ClNO3. The molecule has 0 heterocycles. The fourth-order valence-corrected chi connectivity index (χ4v) is 2.52. The van der Waals surface area contributed by atoms with Crippen LogP contribution in [0.4, 0.5) is 0 Å². The van der Waals surface area contributed by atoms with Crippen molar-refractivity contribution < 1.29 is 14.7 Å². The molecule has 5 heteroatoms. The van der Waals surface area contributed by atoms with Gasteiger partial charge in [-0.25, -0.2) is 4.79 Å². The number of carbonyl (C=O) groups is 2. The predicted molar refractivity (Wildman–Crippen MR) is 79.6 cm³/mol. The van der Waals surface area contributed by atoms with Gasteiger partial charge in [0.1, 0.15) is 5.70 Å². The van der Waals surface area contributed by atoms with Crippen LogP contribution in [0.2, 0.25) is 0 Å². The van der Waals surface area contributed by atoms with Crippen molar-refractivity contribution in [3.8, 4) is 0 Å². The molecule has 1 fully saturated rings. The molecule has 0 aromatic rings. The van der Waals surface area contributed by atoms with Crippen molar-refractivity contribution in [3.63, 3.8) is 0 Å². The first-order valence-electron chi connectivity index (χ1n) is 7.15. The van der Waals surface area contributed by atoms with Gasteiger partial charge in [0.05, 0.1) is 0 Å². The molecule has 2 N–H and O–H groups in total. The quantitative estimate of drug-likeness (QED) is 0.411. The van der Waals surface area contributed by atoms with Crippen molar-refractivity contribution in [2.75, 3.05) is 5.88 Å². The van der Waals surface area contributed by atoms with Crippen LogP contribution in [0.3, 0.4) is 0 Å². The normalized spacial score (nSPS) is 21.1. The minimum absolute atomic E-state index is 0.00129. The number of carboxylic acids is 1. The maximum Gasteiger partial charge on any atom is 0.352 e. The van der Waals surface area contributed by atoms with Crippen molar-refractivity contribution in [1.29, 1.82) is 0 Å². The standard InChI is InChI=1S/C15H24ClNO3/c1-4-10(7-5-6-8-16)12(14(19)20)17-13(18)11-9-15(11,2)3/h11H,4-9H2,1-3H3,(H,17,18)(H,19,20)/t11-/m1/s1. The third-order valence-electron chi connectivity index (χ3n) is 3.93. The minimum Gasteiger partial charge on any atom is -0.477 e. The Hall–Kier alpha value is -1.03. The van der Waals surface area contributed by atoms with Crippen LogP contribution in [0.5, 0.6) is 0 Å². The van der Waals surface area contributed by atoms with E-state index < -0.39 is 5.97 Å². The number of rotatable bonds is 8. The average molecular weight is 302 g/mol. The Labute approximate surface area is 125 Å². The Morgan fingerprint density at radius 2 is 1.95 bits per heavy atom. The monoisotopic (exact) mass is 301 g/mol. The number of carboxylic acid groups (broad SMARTS) is 1. The van der Waals surface area contributed by atoms with E-state index in [9.17, 15) is 14.7 Å². The molecule has 0 aromatic carbocycles. The van der Waals surface area contributed by atoms with Gasteiger partial charge in [-0.1, -0.05) is 20.8 Å². The Kier molecular flexibility index (Phi) is 6.06. The summed E-state index contributed by atoms with van der Waals surface area (Å²) in [6.07, 6.45) is 3.80. The van der Waals surface area contributed by atoms with Crippen molar-refractivity contribution in [3.05, 3.63) is 11.3 Å². The van der Waals surface area contributed by atoms with Crippen molar-refractivity contribution in [2.24, 2.45) is 11.3 Å². The summed E-state index contributed by atoms with van der Waals surface area (Å²) in [6.45, 7) is 5.94. The molecule has 0 aromatic heterocycles. The van der Waals surface area contributed by atoms with Crippen LogP contribution in [0.15, 0.2) is 11.3 Å². The Bertz CT molecular complexity index is 415. The van der Waals surface area contributed by atoms with Gasteiger partial charge in [0.15, 0.2) is 0 Å². The van der Waals surface area contributed by atoms with E-state index in [0.29, 0.717) is 18.7 Å². The molecule has 114 valence electrons. The lowest BCUT2D eigenvalue weighted by molar-refractivity contribution is -0.135. The molecular weight excluding hydrogens is 278 g/mol. The van der Waals surface area contributed by atoms with Crippen molar-refractivity contribution in [2.45, 2.75) is 52.9 Å². The van der Waals surface area contributed by atoms with E-state index >= 15 is 0 Å². The van der Waals surface area contributed by atoms with Crippen LogP contribution in [0.25, 0.3) is 0 Å². The number of hydrogen-bond donors (Lipinski definition) is 2. The number of alkyl halides is 1. The summed E-state index contributed by atoms with van der Waals surface area (Å²) < 4.78 is 0. The fraction of sp³-hybridized carbons (Fsp3) is 0.733. The van der Waals surface area contributed by atoms with Crippen LogP contribution in [0.1, 0.15) is 52.9 Å². The van der Waals surface area contributed by atoms with E-state index in [4.69, 9.17) is 11.6 Å². The van der Waals surface area contributed by atoms with E-state index in [2.05, 4.69) is 5.32 Å². The summed E-state index contributed by atoms with van der Waals surface area (Å²) in [5.41, 5.74) is 0.850. The SMILES string of the molecule is CCC(CCCCCl)=C(NC(=O)[C@H]1CC1(C)C)C(=O)O. The molecule has 4 nitrogen and oxygen atoms in total. The maximum absolute atomic E-state index is 12.1. The Morgan fingerprint density at radius 1 is 1.35 bits per heavy atom. The Morgan fingerprint density at radius 3 is 2.35 bits per heavy atom. The van der Waals surface area contributed by atoms with E-state index in [-0.39, 0.29) is 22.9 Å². The van der Waals surface area contributed by atoms with E-state index in [1.165, 1.54) is 0 Å². The van der Waals surface area contributed by atoms with E-state index in [1.54, 1.807) is 0 Å². The van der Waals surface area contributed by atoms with Crippen molar-refractivity contribution in [1.82, 2.24) is 5.32 Å². The lowest BCUT2D eigenvalue weighted by Crippen LogP contribution is -2.31. The molecule has 0 saturated heterocycles. The number of halogens is 1. The fourth-order valence-electron chi connectivity index (χ4n) is 2.33. The predicted octanol–water partition coefficient (Wildman–Crippen LogP) is 3.31. The summed E-state index contributed by atoms with van der Waals surface area (Å²) >= 11 is 5.63. The van der Waals surface area contributed by atoms with Gasteiger partial charge >= 0.3 is 5.97 Å². The van der Waals surface area contributed by atoms with Gasteiger partial charge in [0.2, 0.25) is 5.91 Å². The number of hydrogen-bond acceptors (Lipinski definition) is 2. The number of aliphatic carboxylic acids is 1. The first kappa shape index (κ1) is 17.0. The second-order valence-electron chi connectivity index (χ2n) is 6.02. The molecule has 0 unspecified atom stereocenters. The molecule has 0 aliphatic heterocycles. The zero-order chi connectivity index (χ0) is 15.3. The van der Waals surface area contributed by atoms with Gasteiger partial charge in [-0.2, -0.15) is 0 Å². The molecule has 0 radical (unpaired) electrons. The minimum atomic E-state index is -1.06. The third kappa shape index (κ3) is 4.51. The van der Waals surface area contributed by atoms with Gasteiger partial charge < -0.3 is 10.4 Å². The van der Waals surface area contributed by atoms with Crippen LogP contribution in [0, 0.1) is 11.3 Å². The van der Waals surface area contributed by atoms with Gasteiger partial charge in [-0.15, -0.1) is 11.6 Å². The zero-order valence-corrected chi connectivity index (χ0v) is 13.2. The first-order chi connectivity index (χ1) is 9.33. The Balaban J connectivity index is 2.75. The number of carbonyl (C=O) groups excluding carboxylic acids is 1. The topological polar surface area (TPSA) is 66.4 Å². The van der Waals surface area contributed by atoms with E-state index in [0.717, 1.165) is 24.8 Å². The van der Waals surface area contributed by atoms with Crippen LogP contribution in [-0.4, -0.2) is 22.9 Å². The maximum atomic E-state index is 12.1. The number of allylic oxidation sites excluding steroid dienone is 1. The largest absolute Gasteiger partial charge is 0.477 e. The lowest BCUT2D eigenvalue weighted by Gasteiger charge is -2.13. The number of amides is 1. The van der Waals surface area contributed by atoms with Gasteiger partial charge in [0, 0.05) is 11.8 Å². The second kappa shape index (κ2) is 7.11. The highest BCUT2D eigenvalue weighted by Gasteiger charge is 2.50. The van der Waals surface area contributed by atoms with Gasteiger partial charge in [-0.05, 0) is 43.1 Å². The van der Waals surface area contributed by atoms with Crippen molar-refractivity contribution >= 4 is 23.5 Å². The molecule has 1 rings (SSSR count). The highest BCUT2D eigenvalue weighted by Crippen LogP contribution is 2.51. The van der Waals surface area contributed by atoms with Crippen LogP contribution < -0.4 is 5.32 Å². The van der Waals surface area contributed by atoms with Gasteiger partial charge in [-0.3, -0.25) is 4.79 Å². The molecule has 1 atom stereocenters. The summed E-state index contributed by atoms with van der Waals surface area (Å²) in [6, 6.07) is 0. The van der Waals surface area contributed by atoms with Crippen LogP contribution in [-0.2, 0) is 9.59 Å². The molecule has 0 bridgehead atoms. The molecule has 1 saturated carbocycles. The summed E-state index contributed by atoms with van der Waals surface area (Å²) in [5, 5.41) is 11.9. The molecule has 0 spiro atoms. The first-order valence-corrected chi connectivity index (χ1v) is 7.69. The molecule has 20 heavy (non-hydrogen) atoms. The van der Waals surface area contributed by atoms with Crippen LogP contribution >= 0.6 is 11.6 Å². The smallest absolute Gasteiger partial charge is 0.352 e. The van der Waals surface area contributed by atoms with Gasteiger partial charge in [0.25, 0.3) is 0 Å². The molecule has 1 aliphatic rings. The average Bonchev–Trinajstić information content (AvgIpc) is 3.01. The third-order valence-corrected chi connectivity index (χ3v) is 4.20. The number of unbranched alkanes of at least 4 members (excludes halogenated alkanes) is 1. The second-order valence-corrected chi connectivity index (χ2v) is 6.40. The molecule has 1 amide bonds. The summed E-state index contributed by atoms with van der Waals surface area (Å²) in [5.74, 6) is -0.727. The highest BCUT2D eigenvalue weighted by atomic mass is 35.5. The highest BCUT2D eigenvalue weighted by molar-refractivity contribution is 6.17. The molecule has 1 aliphatic carbocycles. The zero-order valence-electron chi connectivity index (χ0n) is 12.5.